The Morgan fingerprint density at radius 2 is 1.55 bits per heavy atom. The van der Waals surface area contributed by atoms with E-state index < -0.39 is 0 Å². The number of anilines is 2. The lowest BCUT2D eigenvalue weighted by molar-refractivity contribution is -0.132. The van der Waals surface area contributed by atoms with E-state index in [1.54, 1.807) is 0 Å². The molecule has 2 saturated carbocycles. The molecule has 1 saturated heterocycles. The molecule has 0 bridgehead atoms. The molecule has 29 heavy (non-hydrogen) atoms. The zero-order valence-corrected chi connectivity index (χ0v) is 16.6. The highest BCUT2D eigenvalue weighted by Gasteiger charge is 2.43. The SMILES string of the molecule is O=C(Nc1ccc(N2CCN(C(=O)C3CC3)CC2)cc1)C1CC1c1ccccc1. The number of amides is 2. The average Bonchev–Trinajstić information content (AvgIpc) is 3.68. The van der Waals surface area contributed by atoms with E-state index in [0.29, 0.717) is 17.7 Å². The summed E-state index contributed by atoms with van der Waals surface area (Å²) in [6.45, 7) is 3.34. The zero-order chi connectivity index (χ0) is 19.8. The van der Waals surface area contributed by atoms with Crippen molar-refractivity contribution in [3.05, 3.63) is 60.2 Å². The van der Waals surface area contributed by atoms with Gasteiger partial charge in [-0.25, -0.2) is 0 Å². The first kappa shape index (κ1) is 18.2. The largest absolute Gasteiger partial charge is 0.368 e. The van der Waals surface area contributed by atoms with Gasteiger partial charge in [0.15, 0.2) is 0 Å². The molecule has 1 aliphatic heterocycles. The van der Waals surface area contributed by atoms with E-state index in [4.69, 9.17) is 0 Å². The van der Waals surface area contributed by atoms with Crippen LogP contribution in [0.3, 0.4) is 0 Å². The molecule has 0 aromatic heterocycles. The molecule has 2 aromatic carbocycles. The highest BCUT2D eigenvalue weighted by atomic mass is 16.2. The van der Waals surface area contributed by atoms with Crippen molar-refractivity contribution in [1.29, 1.82) is 0 Å². The maximum atomic E-state index is 12.5. The molecule has 2 aromatic rings. The summed E-state index contributed by atoms with van der Waals surface area (Å²) in [6, 6.07) is 18.4. The lowest BCUT2D eigenvalue weighted by Crippen LogP contribution is -2.49. The second kappa shape index (κ2) is 7.54. The minimum absolute atomic E-state index is 0.0779. The fourth-order valence-corrected chi connectivity index (χ4v) is 4.32. The monoisotopic (exact) mass is 389 g/mol. The molecule has 0 radical (unpaired) electrons. The van der Waals surface area contributed by atoms with Crippen molar-refractivity contribution in [2.45, 2.75) is 25.2 Å². The molecule has 3 fully saturated rings. The van der Waals surface area contributed by atoms with Crippen molar-refractivity contribution < 1.29 is 9.59 Å². The van der Waals surface area contributed by atoms with Crippen LogP contribution in [0.2, 0.25) is 0 Å². The summed E-state index contributed by atoms with van der Waals surface area (Å²) in [7, 11) is 0. The molecular weight excluding hydrogens is 362 g/mol. The second-order valence-corrected chi connectivity index (χ2v) is 8.48. The van der Waals surface area contributed by atoms with E-state index in [0.717, 1.165) is 56.8 Å². The molecule has 5 rings (SSSR count). The molecule has 1 N–H and O–H groups in total. The predicted octanol–water partition coefficient (Wildman–Crippen LogP) is 3.49. The molecule has 1 heterocycles. The first-order chi connectivity index (χ1) is 14.2. The third kappa shape index (κ3) is 4.00. The number of piperazine rings is 1. The minimum Gasteiger partial charge on any atom is -0.368 e. The van der Waals surface area contributed by atoms with Gasteiger partial charge in [-0.1, -0.05) is 30.3 Å². The molecule has 5 nitrogen and oxygen atoms in total. The maximum absolute atomic E-state index is 12.5. The first-order valence-corrected chi connectivity index (χ1v) is 10.7. The third-order valence-electron chi connectivity index (χ3n) is 6.37. The van der Waals surface area contributed by atoms with E-state index in [-0.39, 0.29) is 11.8 Å². The summed E-state index contributed by atoms with van der Waals surface area (Å²) < 4.78 is 0. The van der Waals surface area contributed by atoms with E-state index in [9.17, 15) is 9.59 Å². The average molecular weight is 389 g/mol. The summed E-state index contributed by atoms with van der Waals surface area (Å²) in [4.78, 5) is 29.1. The smallest absolute Gasteiger partial charge is 0.228 e. The standard InChI is InChI=1S/C24H27N3O2/c28-23(22-16-21(22)17-4-2-1-3-5-17)25-19-8-10-20(11-9-19)26-12-14-27(15-13-26)24(29)18-6-7-18/h1-5,8-11,18,21-22H,6-7,12-16H2,(H,25,28). The predicted molar refractivity (Wildman–Crippen MR) is 114 cm³/mol. The highest BCUT2D eigenvalue weighted by molar-refractivity contribution is 5.95. The van der Waals surface area contributed by atoms with Gasteiger partial charge in [-0.2, -0.15) is 0 Å². The maximum Gasteiger partial charge on any atom is 0.228 e. The van der Waals surface area contributed by atoms with Gasteiger partial charge in [0.25, 0.3) is 0 Å². The van der Waals surface area contributed by atoms with Crippen LogP contribution in [0.15, 0.2) is 54.6 Å². The Hall–Kier alpha value is -2.82. The Morgan fingerprint density at radius 1 is 0.862 bits per heavy atom. The number of nitrogens with one attached hydrogen (secondary N) is 1. The third-order valence-corrected chi connectivity index (χ3v) is 6.37. The van der Waals surface area contributed by atoms with Gasteiger partial charge in [-0.05, 0) is 55.0 Å². The van der Waals surface area contributed by atoms with Crippen LogP contribution in [0.25, 0.3) is 0 Å². The van der Waals surface area contributed by atoms with E-state index >= 15 is 0 Å². The summed E-state index contributed by atoms with van der Waals surface area (Å²) in [5.74, 6) is 1.19. The second-order valence-electron chi connectivity index (χ2n) is 8.48. The Balaban J connectivity index is 1.13. The van der Waals surface area contributed by atoms with Crippen LogP contribution in [0.5, 0.6) is 0 Å². The number of hydrogen-bond donors (Lipinski definition) is 1. The fourth-order valence-electron chi connectivity index (χ4n) is 4.32. The lowest BCUT2D eigenvalue weighted by atomic mass is 10.1. The van der Waals surface area contributed by atoms with Crippen molar-refractivity contribution in [3.63, 3.8) is 0 Å². The van der Waals surface area contributed by atoms with Crippen molar-refractivity contribution in [2.75, 3.05) is 36.4 Å². The quantitative estimate of drug-likeness (QED) is 0.852. The molecule has 2 aliphatic carbocycles. The van der Waals surface area contributed by atoms with Crippen LogP contribution in [0, 0.1) is 11.8 Å². The molecule has 2 amide bonds. The molecule has 0 spiro atoms. The van der Waals surface area contributed by atoms with E-state index in [1.807, 2.05) is 35.2 Å². The van der Waals surface area contributed by atoms with Gasteiger partial charge >= 0.3 is 0 Å². The normalized spacial score (nSPS) is 23.6. The van der Waals surface area contributed by atoms with Gasteiger partial charge in [0.2, 0.25) is 11.8 Å². The summed E-state index contributed by atoms with van der Waals surface area (Å²) >= 11 is 0. The zero-order valence-electron chi connectivity index (χ0n) is 16.6. The van der Waals surface area contributed by atoms with Gasteiger partial charge < -0.3 is 15.1 Å². The number of carbonyl (C=O) groups is 2. The lowest BCUT2D eigenvalue weighted by Gasteiger charge is -2.36. The van der Waals surface area contributed by atoms with Crippen molar-refractivity contribution in [3.8, 4) is 0 Å². The number of hydrogen-bond acceptors (Lipinski definition) is 3. The van der Waals surface area contributed by atoms with Crippen molar-refractivity contribution >= 4 is 23.2 Å². The van der Waals surface area contributed by atoms with Crippen LogP contribution in [0.4, 0.5) is 11.4 Å². The molecule has 2 unspecified atom stereocenters. The first-order valence-electron chi connectivity index (χ1n) is 10.7. The highest BCUT2D eigenvalue weighted by Crippen LogP contribution is 2.47. The van der Waals surface area contributed by atoms with Crippen molar-refractivity contribution in [2.24, 2.45) is 11.8 Å². The van der Waals surface area contributed by atoms with Crippen LogP contribution < -0.4 is 10.2 Å². The van der Waals surface area contributed by atoms with Gasteiger partial charge in [-0.3, -0.25) is 9.59 Å². The van der Waals surface area contributed by atoms with E-state index in [2.05, 4.69) is 34.5 Å². The van der Waals surface area contributed by atoms with E-state index in [1.165, 1.54) is 5.56 Å². The number of benzene rings is 2. The number of rotatable bonds is 5. The molecule has 5 heteroatoms. The molecule has 2 atom stereocenters. The van der Waals surface area contributed by atoms with Gasteiger partial charge in [-0.15, -0.1) is 0 Å². The number of carbonyl (C=O) groups excluding carboxylic acids is 2. The van der Waals surface area contributed by atoms with Gasteiger partial charge in [0.05, 0.1) is 0 Å². The van der Waals surface area contributed by atoms with Crippen LogP contribution in [-0.4, -0.2) is 42.9 Å². The molecular formula is C24H27N3O2. The van der Waals surface area contributed by atoms with Crippen LogP contribution in [0.1, 0.15) is 30.7 Å². The summed E-state index contributed by atoms with van der Waals surface area (Å²) in [5, 5.41) is 3.06. The van der Waals surface area contributed by atoms with Gasteiger partial charge in [0, 0.05) is 49.4 Å². The molecule has 150 valence electrons. The summed E-state index contributed by atoms with van der Waals surface area (Å²) in [6.07, 6.45) is 3.07. The Bertz CT molecular complexity index is 884. The van der Waals surface area contributed by atoms with Crippen LogP contribution in [-0.2, 0) is 9.59 Å². The topological polar surface area (TPSA) is 52.7 Å². The Morgan fingerprint density at radius 3 is 2.21 bits per heavy atom. The molecule has 3 aliphatic rings. The van der Waals surface area contributed by atoms with Crippen LogP contribution >= 0.6 is 0 Å². The Labute approximate surface area is 171 Å². The van der Waals surface area contributed by atoms with Crippen molar-refractivity contribution in [1.82, 2.24) is 4.90 Å². The Kier molecular flexibility index (Phi) is 4.74. The fraction of sp³-hybridized carbons (Fsp3) is 0.417. The van der Waals surface area contributed by atoms with Gasteiger partial charge in [0.1, 0.15) is 0 Å². The summed E-state index contributed by atoms with van der Waals surface area (Å²) in [5.41, 5.74) is 3.25. The minimum atomic E-state index is 0.0779. The number of nitrogens with zero attached hydrogens (tertiary/aromatic N) is 2.